The van der Waals surface area contributed by atoms with E-state index < -0.39 is 24.0 Å². The molecule has 1 rings (SSSR count). The molecule has 0 spiro atoms. The Morgan fingerprint density at radius 3 is 2.05 bits per heavy atom. The first-order valence-electron chi connectivity index (χ1n) is 13.8. The summed E-state index contributed by atoms with van der Waals surface area (Å²) in [5, 5.41) is 11.0. The van der Waals surface area contributed by atoms with E-state index in [0.29, 0.717) is 32.2 Å². The lowest BCUT2D eigenvalue weighted by Gasteiger charge is -2.28. The SMILES string of the molecule is BCC(NC(=O)[C@H](CCCNC(N)=O)NC(=O)C(NC(=O)CCCCCN1C(=O)C=CC1=O)C(C)C)C(C)C. The van der Waals surface area contributed by atoms with E-state index in [0.717, 1.165) is 6.32 Å². The van der Waals surface area contributed by atoms with Crippen LogP contribution in [-0.2, 0) is 24.0 Å². The van der Waals surface area contributed by atoms with Crippen LogP contribution in [0.2, 0.25) is 6.32 Å². The van der Waals surface area contributed by atoms with Gasteiger partial charge < -0.3 is 27.0 Å². The van der Waals surface area contributed by atoms with Gasteiger partial charge in [0.25, 0.3) is 11.8 Å². The van der Waals surface area contributed by atoms with Crippen LogP contribution in [0.4, 0.5) is 4.79 Å². The average molecular weight is 548 g/mol. The summed E-state index contributed by atoms with van der Waals surface area (Å²) in [5.41, 5.74) is 5.11. The second-order valence-corrected chi connectivity index (χ2v) is 10.5. The zero-order valence-corrected chi connectivity index (χ0v) is 23.9. The number of primary amides is 1. The van der Waals surface area contributed by atoms with Gasteiger partial charge in [-0.3, -0.25) is 28.9 Å². The number of carbonyl (C=O) groups excluding carboxylic acids is 6. The number of rotatable bonds is 18. The maximum Gasteiger partial charge on any atom is 0.312 e. The highest BCUT2D eigenvalue weighted by Gasteiger charge is 2.29. The first-order valence-corrected chi connectivity index (χ1v) is 13.8. The number of hydrogen-bond donors (Lipinski definition) is 5. The van der Waals surface area contributed by atoms with Crippen molar-refractivity contribution in [2.24, 2.45) is 17.6 Å². The molecule has 1 aliphatic heterocycles. The van der Waals surface area contributed by atoms with Gasteiger partial charge in [0, 0.05) is 37.7 Å². The molecule has 39 heavy (non-hydrogen) atoms. The number of nitrogens with zero attached hydrogens (tertiary/aromatic N) is 1. The molecule has 6 N–H and O–H groups in total. The van der Waals surface area contributed by atoms with Gasteiger partial charge >= 0.3 is 6.03 Å². The number of urea groups is 1. The minimum atomic E-state index is -0.844. The molecule has 0 aromatic heterocycles. The Morgan fingerprint density at radius 2 is 1.51 bits per heavy atom. The lowest BCUT2D eigenvalue weighted by molar-refractivity contribution is -0.137. The predicted molar refractivity (Wildman–Crippen MR) is 150 cm³/mol. The van der Waals surface area contributed by atoms with Crippen molar-refractivity contribution >= 4 is 43.4 Å². The van der Waals surface area contributed by atoms with Crippen LogP contribution in [0.5, 0.6) is 0 Å². The average Bonchev–Trinajstić information content (AvgIpc) is 3.18. The van der Waals surface area contributed by atoms with E-state index >= 15 is 0 Å². The maximum atomic E-state index is 13.2. The Hall–Kier alpha value is -3.38. The van der Waals surface area contributed by atoms with Gasteiger partial charge in [0.15, 0.2) is 0 Å². The fourth-order valence-electron chi connectivity index (χ4n) is 4.24. The maximum absolute atomic E-state index is 13.2. The molecule has 0 aromatic rings. The summed E-state index contributed by atoms with van der Waals surface area (Å²) in [6.07, 6.45) is 5.86. The van der Waals surface area contributed by atoms with Gasteiger partial charge in [-0.2, -0.15) is 0 Å². The highest BCUT2D eigenvalue weighted by atomic mass is 16.2. The Bertz CT molecular complexity index is 891. The summed E-state index contributed by atoms with van der Waals surface area (Å²) < 4.78 is 0. The van der Waals surface area contributed by atoms with Crippen LogP contribution in [0, 0.1) is 11.8 Å². The van der Waals surface area contributed by atoms with E-state index in [1.165, 1.54) is 17.1 Å². The summed E-state index contributed by atoms with van der Waals surface area (Å²) in [6.45, 7) is 8.19. The smallest absolute Gasteiger partial charge is 0.312 e. The fraction of sp³-hybridized carbons (Fsp3) is 0.692. The van der Waals surface area contributed by atoms with Crippen molar-refractivity contribution in [1.29, 1.82) is 0 Å². The topological polar surface area (TPSA) is 180 Å². The minimum absolute atomic E-state index is 0.0563. The number of nitrogens with two attached hydrogens (primary N) is 1. The van der Waals surface area contributed by atoms with Gasteiger partial charge in [0.1, 0.15) is 19.9 Å². The second-order valence-electron chi connectivity index (χ2n) is 10.5. The van der Waals surface area contributed by atoms with Crippen molar-refractivity contribution in [3.8, 4) is 0 Å². The summed E-state index contributed by atoms with van der Waals surface area (Å²) in [5.74, 6) is -1.74. The van der Waals surface area contributed by atoms with Crippen molar-refractivity contribution in [2.45, 2.75) is 90.7 Å². The zero-order valence-electron chi connectivity index (χ0n) is 23.9. The Kier molecular flexibility index (Phi) is 14.9. The Morgan fingerprint density at radius 1 is 0.872 bits per heavy atom. The number of imide groups is 1. The van der Waals surface area contributed by atoms with Crippen molar-refractivity contribution in [3.05, 3.63) is 12.2 Å². The molecule has 0 aromatic carbocycles. The highest BCUT2D eigenvalue weighted by Crippen LogP contribution is 2.10. The van der Waals surface area contributed by atoms with Gasteiger partial charge in [-0.1, -0.05) is 40.4 Å². The van der Waals surface area contributed by atoms with Gasteiger partial charge in [0.2, 0.25) is 17.7 Å². The lowest BCUT2D eigenvalue weighted by atomic mass is 9.89. The third kappa shape index (κ3) is 12.4. The van der Waals surface area contributed by atoms with Gasteiger partial charge in [0.05, 0.1) is 0 Å². The standard InChI is InChI=1S/C26H45BN6O6/c1-16(2)19(15-27)31-24(37)18(9-8-13-29-26(28)39)30-25(38)23(17(3)4)32-20(34)10-6-5-7-14-33-21(35)11-12-22(33)36/h11-12,16-19,23H,5-10,13-15,27H2,1-4H3,(H,30,38)(H,31,37)(H,32,34)(H3,28,29,39)/t18-,19?,23?/m0/s1. The molecule has 1 aliphatic rings. The lowest BCUT2D eigenvalue weighted by Crippen LogP contribution is -2.56. The van der Waals surface area contributed by atoms with Crippen molar-refractivity contribution in [3.63, 3.8) is 0 Å². The van der Waals surface area contributed by atoms with Crippen LogP contribution in [-0.4, -0.2) is 79.5 Å². The minimum Gasteiger partial charge on any atom is -0.352 e. The number of amides is 7. The van der Waals surface area contributed by atoms with Crippen LogP contribution in [0.15, 0.2) is 12.2 Å². The summed E-state index contributed by atoms with van der Waals surface area (Å²) in [6, 6.07) is -2.40. The molecule has 0 saturated carbocycles. The number of unbranched alkanes of at least 4 members (excludes halogenated alkanes) is 2. The number of carbonyl (C=O) groups is 6. The Labute approximate surface area is 232 Å². The van der Waals surface area contributed by atoms with E-state index in [1.807, 2.05) is 21.7 Å². The summed E-state index contributed by atoms with van der Waals surface area (Å²) in [4.78, 5) is 74.1. The molecular weight excluding hydrogens is 503 g/mol. The molecular formula is C26H45BN6O6. The first kappa shape index (κ1) is 33.7. The Balaban J connectivity index is 2.67. The molecule has 3 atom stereocenters. The quantitative estimate of drug-likeness (QED) is 0.0894. The van der Waals surface area contributed by atoms with E-state index in [9.17, 15) is 28.8 Å². The van der Waals surface area contributed by atoms with Gasteiger partial charge in [-0.25, -0.2) is 4.79 Å². The van der Waals surface area contributed by atoms with Crippen molar-refractivity contribution in [2.75, 3.05) is 13.1 Å². The fourth-order valence-corrected chi connectivity index (χ4v) is 4.24. The summed E-state index contributed by atoms with van der Waals surface area (Å²) >= 11 is 0. The van der Waals surface area contributed by atoms with Crippen LogP contribution < -0.4 is 27.0 Å². The first-order chi connectivity index (χ1) is 18.4. The number of hydrogen-bond acceptors (Lipinski definition) is 6. The van der Waals surface area contributed by atoms with Gasteiger partial charge in [-0.15, -0.1) is 0 Å². The molecule has 0 bridgehead atoms. The molecule has 2 unspecified atom stereocenters. The van der Waals surface area contributed by atoms with E-state index in [1.54, 1.807) is 13.8 Å². The molecule has 13 heteroatoms. The largest absolute Gasteiger partial charge is 0.352 e. The molecule has 0 saturated heterocycles. The normalized spacial score (nSPS) is 15.3. The van der Waals surface area contributed by atoms with E-state index in [4.69, 9.17) is 5.73 Å². The van der Waals surface area contributed by atoms with Crippen LogP contribution in [0.25, 0.3) is 0 Å². The zero-order chi connectivity index (χ0) is 29.5. The molecule has 7 amide bonds. The molecule has 0 radical (unpaired) electrons. The third-order valence-electron chi connectivity index (χ3n) is 6.63. The molecule has 218 valence electrons. The highest BCUT2D eigenvalue weighted by molar-refractivity contribution is 6.12. The molecule has 0 aliphatic carbocycles. The molecule has 12 nitrogen and oxygen atoms in total. The molecule has 0 fully saturated rings. The van der Waals surface area contributed by atoms with Gasteiger partial charge in [-0.05, 0) is 37.5 Å². The van der Waals surface area contributed by atoms with Crippen LogP contribution in [0.1, 0.15) is 66.2 Å². The summed E-state index contributed by atoms with van der Waals surface area (Å²) in [7, 11) is 1.97. The van der Waals surface area contributed by atoms with Crippen molar-refractivity contribution < 1.29 is 28.8 Å². The van der Waals surface area contributed by atoms with Crippen molar-refractivity contribution in [1.82, 2.24) is 26.2 Å². The third-order valence-corrected chi connectivity index (χ3v) is 6.63. The monoisotopic (exact) mass is 548 g/mol. The molecule has 1 heterocycles. The second kappa shape index (κ2) is 17.3. The van der Waals surface area contributed by atoms with E-state index in [-0.39, 0.29) is 60.9 Å². The van der Waals surface area contributed by atoms with E-state index in [2.05, 4.69) is 21.3 Å². The van der Waals surface area contributed by atoms with Crippen LogP contribution >= 0.6 is 0 Å². The van der Waals surface area contributed by atoms with Crippen LogP contribution in [0.3, 0.4) is 0 Å². The predicted octanol–water partition coefficient (Wildman–Crippen LogP) is -0.262. The number of nitrogens with one attached hydrogen (secondary N) is 4.